The largest absolute Gasteiger partial charge is 0.362 e. The van der Waals surface area contributed by atoms with Crippen LogP contribution in [0.25, 0.3) is 0 Å². The molecule has 1 aromatic carbocycles. The number of aryl methyl sites for hydroxylation is 1. The van der Waals surface area contributed by atoms with E-state index in [1.807, 2.05) is 6.07 Å². The first-order valence-corrected chi connectivity index (χ1v) is 6.30. The van der Waals surface area contributed by atoms with Crippen molar-refractivity contribution in [3.63, 3.8) is 0 Å². The Kier molecular flexibility index (Phi) is 4.09. The quantitative estimate of drug-likeness (QED) is 0.908. The van der Waals surface area contributed by atoms with E-state index in [0.29, 0.717) is 11.5 Å². The molecule has 0 aliphatic heterocycles. The summed E-state index contributed by atoms with van der Waals surface area (Å²) in [5, 5.41) is 11.9. The topological polar surface area (TPSA) is 61.6 Å². The third-order valence-corrected chi connectivity index (χ3v) is 3.02. The molecule has 1 N–H and O–H groups in total. The molecule has 0 saturated heterocycles. The summed E-state index contributed by atoms with van der Waals surface area (Å²) in [5.74, 6) is 0.672. The predicted octanol–water partition coefficient (Wildman–Crippen LogP) is 3.08. The molecule has 19 heavy (non-hydrogen) atoms. The highest BCUT2D eigenvalue weighted by Gasteiger charge is 2.06. The molecule has 0 radical (unpaired) electrons. The van der Waals surface area contributed by atoms with Gasteiger partial charge in [-0.15, -0.1) is 0 Å². The Morgan fingerprint density at radius 1 is 1.21 bits per heavy atom. The number of nitrogens with one attached hydrogen (secondary N) is 1. The van der Waals surface area contributed by atoms with E-state index in [1.165, 1.54) is 17.3 Å². The summed E-state index contributed by atoms with van der Waals surface area (Å²) in [4.78, 5) is 8.14. The summed E-state index contributed by atoms with van der Waals surface area (Å²) in [5.41, 5.74) is 2.85. The van der Waals surface area contributed by atoms with Gasteiger partial charge in [0.25, 0.3) is 0 Å². The van der Waals surface area contributed by atoms with Crippen LogP contribution in [0.3, 0.4) is 0 Å². The van der Waals surface area contributed by atoms with Gasteiger partial charge < -0.3 is 5.32 Å². The van der Waals surface area contributed by atoms with Gasteiger partial charge in [-0.05, 0) is 24.5 Å². The zero-order valence-electron chi connectivity index (χ0n) is 11.1. The fraction of sp³-hybridized carbons (Fsp3) is 0.267. The maximum absolute atomic E-state index is 8.66. The van der Waals surface area contributed by atoms with Gasteiger partial charge in [0.05, 0.1) is 12.4 Å². The average Bonchev–Trinajstić information content (AvgIpc) is 2.48. The van der Waals surface area contributed by atoms with E-state index >= 15 is 0 Å². The lowest BCUT2D eigenvalue weighted by atomic mass is 10.1. The van der Waals surface area contributed by atoms with Gasteiger partial charge in [0.2, 0.25) is 0 Å². The molecule has 0 aliphatic rings. The summed E-state index contributed by atoms with van der Waals surface area (Å²) < 4.78 is 0. The minimum atomic E-state index is 0.146. The molecule has 1 heterocycles. The number of nitriles is 1. The van der Waals surface area contributed by atoms with Crippen LogP contribution in [0, 0.1) is 11.3 Å². The van der Waals surface area contributed by atoms with Crippen molar-refractivity contribution in [1.29, 1.82) is 5.26 Å². The number of hydrogen-bond donors (Lipinski definition) is 1. The average molecular weight is 252 g/mol. The molecule has 1 unspecified atom stereocenters. The molecular weight excluding hydrogens is 236 g/mol. The van der Waals surface area contributed by atoms with Gasteiger partial charge in [-0.25, -0.2) is 9.97 Å². The highest BCUT2D eigenvalue weighted by Crippen LogP contribution is 2.18. The van der Waals surface area contributed by atoms with E-state index in [0.717, 1.165) is 6.42 Å². The molecule has 0 aliphatic carbocycles. The molecule has 0 fully saturated rings. The smallest absolute Gasteiger partial charge is 0.158 e. The van der Waals surface area contributed by atoms with Gasteiger partial charge in [0.1, 0.15) is 11.9 Å². The Labute approximate surface area is 113 Å². The number of rotatable bonds is 4. The fourth-order valence-electron chi connectivity index (χ4n) is 1.81. The van der Waals surface area contributed by atoms with Gasteiger partial charge >= 0.3 is 0 Å². The summed E-state index contributed by atoms with van der Waals surface area (Å²) in [6, 6.07) is 10.6. The lowest BCUT2D eigenvalue weighted by Crippen LogP contribution is -2.08. The van der Waals surface area contributed by atoms with Crippen LogP contribution in [0.4, 0.5) is 5.82 Å². The molecule has 0 amide bonds. The van der Waals surface area contributed by atoms with Crippen LogP contribution < -0.4 is 5.32 Å². The Balaban J connectivity index is 2.06. The SMILES string of the molecule is CCc1ccc(C(C)Nc2cnc(C#N)cn2)cc1. The summed E-state index contributed by atoms with van der Waals surface area (Å²) >= 11 is 0. The number of aromatic nitrogens is 2. The van der Waals surface area contributed by atoms with Crippen molar-refractivity contribution in [1.82, 2.24) is 9.97 Å². The minimum absolute atomic E-state index is 0.146. The lowest BCUT2D eigenvalue weighted by molar-refractivity contribution is 0.869. The Morgan fingerprint density at radius 2 is 1.95 bits per heavy atom. The van der Waals surface area contributed by atoms with E-state index in [-0.39, 0.29) is 6.04 Å². The summed E-state index contributed by atoms with van der Waals surface area (Å²) in [6.07, 6.45) is 4.09. The third-order valence-electron chi connectivity index (χ3n) is 3.02. The second-order valence-electron chi connectivity index (χ2n) is 4.36. The standard InChI is InChI=1S/C15H16N4/c1-3-12-4-6-13(7-5-12)11(2)19-15-10-17-14(8-16)9-18-15/h4-7,9-11H,3H2,1-2H3,(H,18,19). The van der Waals surface area contributed by atoms with Crippen molar-refractivity contribution >= 4 is 5.82 Å². The molecule has 2 rings (SSSR count). The molecule has 1 atom stereocenters. The highest BCUT2D eigenvalue weighted by atomic mass is 15.0. The lowest BCUT2D eigenvalue weighted by Gasteiger charge is -2.15. The zero-order chi connectivity index (χ0) is 13.7. The second kappa shape index (κ2) is 5.96. The van der Waals surface area contributed by atoms with E-state index in [9.17, 15) is 0 Å². The molecular formula is C15H16N4. The van der Waals surface area contributed by atoms with Crippen LogP contribution in [0.2, 0.25) is 0 Å². The van der Waals surface area contributed by atoms with Crippen LogP contribution in [-0.2, 0) is 6.42 Å². The molecule has 0 bridgehead atoms. The monoisotopic (exact) mass is 252 g/mol. The maximum Gasteiger partial charge on any atom is 0.158 e. The first-order valence-electron chi connectivity index (χ1n) is 6.30. The Morgan fingerprint density at radius 3 is 2.47 bits per heavy atom. The van der Waals surface area contributed by atoms with Crippen LogP contribution >= 0.6 is 0 Å². The maximum atomic E-state index is 8.66. The van der Waals surface area contributed by atoms with Crippen LogP contribution in [-0.4, -0.2) is 9.97 Å². The van der Waals surface area contributed by atoms with Crippen LogP contribution in [0.15, 0.2) is 36.7 Å². The van der Waals surface area contributed by atoms with Crippen molar-refractivity contribution in [2.75, 3.05) is 5.32 Å². The highest BCUT2D eigenvalue weighted by molar-refractivity contribution is 5.37. The first-order chi connectivity index (χ1) is 9.22. The summed E-state index contributed by atoms with van der Waals surface area (Å²) in [7, 11) is 0. The Bertz CT molecular complexity index is 567. The van der Waals surface area contributed by atoms with Crippen LogP contribution in [0.5, 0.6) is 0 Å². The Hall–Kier alpha value is -2.41. The number of benzene rings is 1. The molecule has 4 heteroatoms. The molecule has 2 aromatic rings. The fourth-order valence-corrected chi connectivity index (χ4v) is 1.81. The van der Waals surface area contributed by atoms with Gasteiger partial charge in [0, 0.05) is 6.04 Å². The number of hydrogen-bond acceptors (Lipinski definition) is 4. The van der Waals surface area contributed by atoms with E-state index in [4.69, 9.17) is 5.26 Å². The summed E-state index contributed by atoms with van der Waals surface area (Å²) in [6.45, 7) is 4.21. The normalized spacial score (nSPS) is 11.6. The van der Waals surface area contributed by atoms with Crippen LogP contribution in [0.1, 0.15) is 36.7 Å². The van der Waals surface area contributed by atoms with Crippen molar-refractivity contribution in [3.8, 4) is 6.07 Å². The second-order valence-corrected chi connectivity index (χ2v) is 4.36. The van der Waals surface area contributed by atoms with Gasteiger partial charge in [-0.1, -0.05) is 31.2 Å². The molecule has 0 saturated carbocycles. The molecule has 0 spiro atoms. The van der Waals surface area contributed by atoms with Gasteiger partial charge in [-0.3, -0.25) is 0 Å². The molecule has 1 aromatic heterocycles. The van der Waals surface area contributed by atoms with Crippen molar-refractivity contribution in [2.45, 2.75) is 26.3 Å². The number of anilines is 1. The van der Waals surface area contributed by atoms with E-state index in [2.05, 4.69) is 53.4 Å². The minimum Gasteiger partial charge on any atom is -0.362 e. The van der Waals surface area contributed by atoms with E-state index in [1.54, 1.807) is 6.20 Å². The number of nitrogens with zero attached hydrogens (tertiary/aromatic N) is 3. The van der Waals surface area contributed by atoms with Crippen molar-refractivity contribution < 1.29 is 0 Å². The third kappa shape index (κ3) is 3.29. The van der Waals surface area contributed by atoms with Crippen molar-refractivity contribution in [2.24, 2.45) is 0 Å². The first kappa shape index (κ1) is 13.0. The molecule has 4 nitrogen and oxygen atoms in total. The van der Waals surface area contributed by atoms with Gasteiger partial charge in [-0.2, -0.15) is 5.26 Å². The van der Waals surface area contributed by atoms with Gasteiger partial charge in [0.15, 0.2) is 5.69 Å². The molecule has 96 valence electrons. The zero-order valence-corrected chi connectivity index (χ0v) is 11.1. The van der Waals surface area contributed by atoms with Crippen molar-refractivity contribution in [3.05, 3.63) is 53.5 Å². The van der Waals surface area contributed by atoms with E-state index < -0.39 is 0 Å². The predicted molar refractivity (Wildman–Crippen MR) is 74.6 cm³/mol.